The monoisotopic (exact) mass is 518 g/mol. The Kier molecular flexibility index (Phi) is 13.0. The van der Waals surface area contributed by atoms with E-state index in [1.165, 1.54) is 88.1 Å². The number of carbonyl (C=O) groups excluding carboxylic acids is 1. The van der Waals surface area contributed by atoms with Crippen molar-refractivity contribution < 1.29 is 13.9 Å². The van der Waals surface area contributed by atoms with Crippen LogP contribution in [0.3, 0.4) is 0 Å². The summed E-state index contributed by atoms with van der Waals surface area (Å²) < 4.78 is 19.9. The number of nitrogens with zero attached hydrogens (tertiary/aromatic N) is 2. The average Bonchev–Trinajstić information content (AvgIpc) is 2.94. The summed E-state index contributed by atoms with van der Waals surface area (Å²) in [6, 6.07) is 13.1. The first-order valence-electron chi connectivity index (χ1n) is 14.5. The lowest BCUT2D eigenvalue weighted by atomic mass is 10.0. The third-order valence-corrected chi connectivity index (χ3v) is 6.95. The van der Waals surface area contributed by atoms with Gasteiger partial charge in [0, 0.05) is 5.56 Å². The van der Waals surface area contributed by atoms with Crippen LogP contribution in [0.1, 0.15) is 113 Å². The summed E-state index contributed by atoms with van der Waals surface area (Å²) in [5, 5.41) is 0. The topological polar surface area (TPSA) is 52.1 Å². The van der Waals surface area contributed by atoms with Crippen LogP contribution in [0.25, 0.3) is 11.3 Å². The molecule has 0 aliphatic heterocycles. The van der Waals surface area contributed by atoms with Crippen molar-refractivity contribution >= 4 is 5.97 Å². The minimum absolute atomic E-state index is 0.0454. The Bertz CT molecular complexity index is 1100. The number of halogens is 1. The Morgan fingerprint density at radius 3 is 1.87 bits per heavy atom. The number of benzene rings is 2. The van der Waals surface area contributed by atoms with Crippen molar-refractivity contribution in [3.8, 4) is 17.0 Å². The van der Waals surface area contributed by atoms with Crippen LogP contribution in [0.4, 0.5) is 4.39 Å². The van der Waals surface area contributed by atoms with E-state index < -0.39 is 11.8 Å². The van der Waals surface area contributed by atoms with Gasteiger partial charge in [-0.25, -0.2) is 14.2 Å². The van der Waals surface area contributed by atoms with Crippen molar-refractivity contribution in [1.29, 1.82) is 0 Å². The number of rotatable bonds is 17. The van der Waals surface area contributed by atoms with Gasteiger partial charge < -0.3 is 4.74 Å². The SMILES string of the molecule is CCCCCCCCCc1ccc(OC(=O)c2cnc(-c3ccc(CCCCCCC)cc3)cn2)c(F)c1. The van der Waals surface area contributed by atoms with Crippen molar-refractivity contribution in [1.82, 2.24) is 9.97 Å². The Morgan fingerprint density at radius 2 is 1.29 bits per heavy atom. The molecule has 3 rings (SSSR count). The van der Waals surface area contributed by atoms with Gasteiger partial charge in [-0.2, -0.15) is 0 Å². The molecular formula is C33H43FN2O2. The maximum absolute atomic E-state index is 14.6. The lowest BCUT2D eigenvalue weighted by Gasteiger charge is -2.08. The van der Waals surface area contributed by atoms with Gasteiger partial charge >= 0.3 is 5.97 Å². The van der Waals surface area contributed by atoms with Gasteiger partial charge in [0.1, 0.15) is 0 Å². The summed E-state index contributed by atoms with van der Waals surface area (Å²) in [4.78, 5) is 21.1. The number of aryl methyl sites for hydroxylation is 2. The van der Waals surface area contributed by atoms with Gasteiger partial charge in [-0.15, -0.1) is 0 Å². The maximum Gasteiger partial charge on any atom is 0.364 e. The Hall–Kier alpha value is -3.08. The molecule has 0 atom stereocenters. The molecule has 0 aliphatic rings. The zero-order chi connectivity index (χ0) is 27.0. The molecule has 0 radical (unpaired) electrons. The smallest absolute Gasteiger partial charge is 0.364 e. The van der Waals surface area contributed by atoms with Crippen LogP contribution in [0.15, 0.2) is 54.9 Å². The van der Waals surface area contributed by atoms with Crippen LogP contribution < -0.4 is 4.74 Å². The van der Waals surface area contributed by atoms with E-state index in [9.17, 15) is 9.18 Å². The summed E-state index contributed by atoms with van der Waals surface area (Å²) in [6.45, 7) is 4.45. The van der Waals surface area contributed by atoms with Gasteiger partial charge in [0.05, 0.1) is 18.1 Å². The second kappa shape index (κ2) is 16.7. The van der Waals surface area contributed by atoms with Gasteiger partial charge in [0.25, 0.3) is 0 Å². The molecule has 4 nitrogen and oxygen atoms in total. The molecular weight excluding hydrogens is 475 g/mol. The number of esters is 1. The highest BCUT2D eigenvalue weighted by atomic mass is 19.1. The van der Waals surface area contributed by atoms with E-state index in [1.54, 1.807) is 6.20 Å². The Morgan fingerprint density at radius 1 is 0.711 bits per heavy atom. The molecule has 38 heavy (non-hydrogen) atoms. The summed E-state index contributed by atoms with van der Waals surface area (Å²) in [5.74, 6) is -1.34. The number of hydrogen-bond donors (Lipinski definition) is 0. The second-order valence-corrected chi connectivity index (χ2v) is 10.2. The highest BCUT2D eigenvalue weighted by Gasteiger charge is 2.15. The van der Waals surface area contributed by atoms with Gasteiger partial charge in [0.15, 0.2) is 17.3 Å². The van der Waals surface area contributed by atoms with Crippen molar-refractivity contribution in [2.45, 2.75) is 104 Å². The van der Waals surface area contributed by atoms with Crippen LogP contribution in [-0.4, -0.2) is 15.9 Å². The van der Waals surface area contributed by atoms with Crippen molar-refractivity contribution in [2.24, 2.45) is 0 Å². The Balaban J connectivity index is 1.47. The van der Waals surface area contributed by atoms with Crippen molar-refractivity contribution in [2.75, 3.05) is 0 Å². The fraction of sp³-hybridized carbons (Fsp3) is 0.485. The van der Waals surface area contributed by atoms with E-state index >= 15 is 0 Å². The average molecular weight is 519 g/mol. The number of aromatic nitrogens is 2. The summed E-state index contributed by atoms with van der Waals surface area (Å²) in [5.41, 5.74) is 3.90. The molecule has 1 aromatic heterocycles. The molecule has 0 amide bonds. The lowest BCUT2D eigenvalue weighted by Crippen LogP contribution is -2.12. The van der Waals surface area contributed by atoms with Crippen LogP contribution in [0, 0.1) is 5.82 Å². The summed E-state index contributed by atoms with van der Waals surface area (Å²) in [7, 11) is 0. The third-order valence-electron chi connectivity index (χ3n) is 6.95. The molecule has 2 aromatic carbocycles. The predicted molar refractivity (Wildman–Crippen MR) is 153 cm³/mol. The molecule has 5 heteroatoms. The Labute approximate surface area is 228 Å². The number of ether oxygens (including phenoxy) is 1. The van der Waals surface area contributed by atoms with Gasteiger partial charge in [-0.3, -0.25) is 4.98 Å². The normalized spacial score (nSPS) is 11.0. The predicted octanol–water partition coefficient (Wildman–Crippen LogP) is 9.31. The lowest BCUT2D eigenvalue weighted by molar-refractivity contribution is 0.0721. The first-order valence-corrected chi connectivity index (χ1v) is 14.5. The number of carbonyl (C=O) groups is 1. The molecule has 0 saturated carbocycles. The molecule has 0 spiro atoms. The quantitative estimate of drug-likeness (QED) is 0.101. The largest absolute Gasteiger partial charge is 0.419 e. The fourth-order valence-corrected chi connectivity index (χ4v) is 4.58. The van der Waals surface area contributed by atoms with E-state index in [4.69, 9.17) is 4.74 Å². The van der Waals surface area contributed by atoms with E-state index in [0.29, 0.717) is 5.69 Å². The molecule has 0 saturated heterocycles. The third kappa shape index (κ3) is 10.00. The van der Waals surface area contributed by atoms with Crippen LogP contribution in [-0.2, 0) is 12.8 Å². The standard InChI is InChI=1S/C33H43FN2O2/c1-3-5-7-9-10-12-14-16-27-19-22-32(29(34)23-27)38-33(37)31-25-35-30(24-36-31)28-20-17-26(18-21-28)15-13-11-8-6-4-2/h17-25H,3-16H2,1-2H3. The zero-order valence-corrected chi connectivity index (χ0v) is 23.2. The number of hydrogen-bond acceptors (Lipinski definition) is 4. The molecule has 0 aliphatic carbocycles. The van der Waals surface area contributed by atoms with Gasteiger partial charge in [0.2, 0.25) is 0 Å². The first kappa shape index (κ1) is 29.5. The van der Waals surface area contributed by atoms with E-state index in [-0.39, 0.29) is 11.4 Å². The molecule has 0 bridgehead atoms. The maximum atomic E-state index is 14.6. The van der Waals surface area contributed by atoms with E-state index in [1.807, 2.05) is 18.2 Å². The van der Waals surface area contributed by atoms with Gasteiger partial charge in [-0.1, -0.05) is 108 Å². The fourth-order valence-electron chi connectivity index (χ4n) is 4.58. The van der Waals surface area contributed by atoms with Gasteiger partial charge in [-0.05, 0) is 48.9 Å². The molecule has 0 N–H and O–H groups in total. The minimum Gasteiger partial charge on any atom is -0.419 e. The van der Waals surface area contributed by atoms with E-state index in [0.717, 1.165) is 36.8 Å². The molecule has 0 fully saturated rings. The van der Waals surface area contributed by atoms with Crippen molar-refractivity contribution in [3.63, 3.8) is 0 Å². The highest BCUT2D eigenvalue weighted by molar-refractivity contribution is 5.88. The van der Waals surface area contributed by atoms with Crippen LogP contribution in [0.5, 0.6) is 5.75 Å². The van der Waals surface area contributed by atoms with Crippen LogP contribution >= 0.6 is 0 Å². The van der Waals surface area contributed by atoms with E-state index in [2.05, 4.69) is 35.9 Å². The summed E-state index contributed by atoms with van der Waals surface area (Å²) >= 11 is 0. The first-order chi connectivity index (χ1) is 18.6. The minimum atomic E-state index is -0.721. The molecule has 1 heterocycles. The molecule has 0 unspecified atom stereocenters. The molecule has 3 aromatic rings. The zero-order valence-electron chi connectivity index (χ0n) is 23.2. The highest BCUT2D eigenvalue weighted by Crippen LogP contribution is 2.22. The van der Waals surface area contributed by atoms with Crippen LogP contribution in [0.2, 0.25) is 0 Å². The molecule has 204 valence electrons. The van der Waals surface area contributed by atoms with Crippen molar-refractivity contribution in [3.05, 3.63) is 77.5 Å². The second-order valence-electron chi connectivity index (χ2n) is 10.2. The summed E-state index contributed by atoms with van der Waals surface area (Å²) in [6.07, 6.45) is 19.7. The number of unbranched alkanes of at least 4 members (excludes halogenated alkanes) is 10.